The number of rotatable bonds is 7. The van der Waals surface area contributed by atoms with Crippen molar-refractivity contribution in [2.45, 2.75) is 31.6 Å². The molecular formula is C11H15ClF2OS. The molecule has 1 nitrogen and oxygen atoms in total. The largest absolute Gasteiger partial charge is 0.375 e. The molecule has 0 saturated heterocycles. The standard InChI is InChI=1S/C11H15ClF2OS/c1-2-8-3-4-10(16-8)9(12)5-6-15-7-11(13)14/h3-4,9,11H,2,5-7H2,1H3. The van der Waals surface area contributed by atoms with Gasteiger partial charge in [-0.05, 0) is 25.0 Å². The van der Waals surface area contributed by atoms with Gasteiger partial charge in [0, 0.05) is 16.4 Å². The number of hydrogen-bond acceptors (Lipinski definition) is 2. The van der Waals surface area contributed by atoms with Gasteiger partial charge in [-0.15, -0.1) is 22.9 Å². The van der Waals surface area contributed by atoms with Gasteiger partial charge in [0.25, 0.3) is 6.43 Å². The van der Waals surface area contributed by atoms with Crippen LogP contribution in [0.25, 0.3) is 0 Å². The summed E-state index contributed by atoms with van der Waals surface area (Å²) in [5.74, 6) is 0. The van der Waals surface area contributed by atoms with E-state index in [1.165, 1.54) is 4.88 Å². The van der Waals surface area contributed by atoms with Crippen LogP contribution in [0.1, 0.15) is 28.5 Å². The van der Waals surface area contributed by atoms with Crippen LogP contribution >= 0.6 is 22.9 Å². The minimum atomic E-state index is -2.40. The third-order valence-electron chi connectivity index (χ3n) is 2.10. The van der Waals surface area contributed by atoms with Crippen molar-refractivity contribution in [3.63, 3.8) is 0 Å². The SMILES string of the molecule is CCc1ccc(C(Cl)CCOCC(F)F)s1. The van der Waals surface area contributed by atoms with E-state index in [1.54, 1.807) is 11.3 Å². The van der Waals surface area contributed by atoms with Crippen LogP contribution in [-0.4, -0.2) is 19.6 Å². The van der Waals surface area contributed by atoms with Crippen molar-refractivity contribution in [2.24, 2.45) is 0 Å². The van der Waals surface area contributed by atoms with Gasteiger partial charge in [-0.3, -0.25) is 0 Å². The van der Waals surface area contributed by atoms with Crippen LogP contribution < -0.4 is 0 Å². The molecule has 0 aromatic carbocycles. The van der Waals surface area contributed by atoms with Crippen LogP contribution in [0.4, 0.5) is 8.78 Å². The molecule has 5 heteroatoms. The molecule has 1 heterocycles. The lowest BCUT2D eigenvalue weighted by Crippen LogP contribution is -2.06. The Hall–Kier alpha value is -0.190. The van der Waals surface area contributed by atoms with Crippen LogP contribution in [0.5, 0.6) is 0 Å². The lowest BCUT2D eigenvalue weighted by atomic mass is 10.2. The Morgan fingerprint density at radius 2 is 2.19 bits per heavy atom. The Morgan fingerprint density at radius 1 is 1.44 bits per heavy atom. The highest BCUT2D eigenvalue weighted by Crippen LogP contribution is 2.30. The Bertz CT molecular complexity index is 304. The van der Waals surface area contributed by atoms with Crippen molar-refractivity contribution >= 4 is 22.9 Å². The topological polar surface area (TPSA) is 9.23 Å². The maximum absolute atomic E-state index is 11.8. The zero-order chi connectivity index (χ0) is 12.0. The normalized spacial score (nSPS) is 13.3. The van der Waals surface area contributed by atoms with Crippen molar-refractivity contribution in [1.82, 2.24) is 0 Å². The maximum atomic E-state index is 11.8. The molecule has 0 radical (unpaired) electrons. The van der Waals surface area contributed by atoms with Crippen LogP contribution in [0.2, 0.25) is 0 Å². The van der Waals surface area contributed by atoms with Gasteiger partial charge in [0.15, 0.2) is 0 Å². The fraction of sp³-hybridized carbons (Fsp3) is 0.636. The van der Waals surface area contributed by atoms with Crippen molar-refractivity contribution in [2.75, 3.05) is 13.2 Å². The molecule has 0 bridgehead atoms. The van der Waals surface area contributed by atoms with Gasteiger partial charge in [0.2, 0.25) is 0 Å². The van der Waals surface area contributed by atoms with Gasteiger partial charge in [-0.25, -0.2) is 8.78 Å². The first-order chi connectivity index (χ1) is 7.63. The van der Waals surface area contributed by atoms with E-state index in [-0.39, 0.29) is 12.0 Å². The monoisotopic (exact) mass is 268 g/mol. The minimum absolute atomic E-state index is 0.136. The molecule has 1 aromatic heterocycles. The maximum Gasteiger partial charge on any atom is 0.261 e. The summed E-state index contributed by atoms with van der Waals surface area (Å²) in [6.07, 6.45) is -0.837. The van der Waals surface area contributed by atoms with E-state index in [0.717, 1.165) is 11.3 Å². The summed E-state index contributed by atoms with van der Waals surface area (Å²) >= 11 is 7.80. The van der Waals surface area contributed by atoms with Crippen molar-refractivity contribution in [3.8, 4) is 0 Å². The molecule has 0 aliphatic rings. The van der Waals surface area contributed by atoms with E-state index < -0.39 is 13.0 Å². The van der Waals surface area contributed by atoms with Crippen molar-refractivity contribution < 1.29 is 13.5 Å². The minimum Gasteiger partial charge on any atom is -0.375 e. The van der Waals surface area contributed by atoms with Crippen LogP contribution in [0, 0.1) is 0 Å². The fourth-order valence-electron chi connectivity index (χ4n) is 1.25. The second-order valence-corrected chi connectivity index (χ2v) is 5.11. The Balaban J connectivity index is 2.26. The van der Waals surface area contributed by atoms with E-state index in [2.05, 4.69) is 13.0 Å². The average molecular weight is 269 g/mol. The zero-order valence-electron chi connectivity index (χ0n) is 9.09. The number of aryl methyl sites for hydroxylation is 1. The highest BCUT2D eigenvalue weighted by molar-refractivity contribution is 7.12. The summed E-state index contributed by atoms with van der Waals surface area (Å²) in [7, 11) is 0. The first-order valence-corrected chi connectivity index (χ1v) is 6.47. The van der Waals surface area contributed by atoms with Gasteiger partial charge in [0.1, 0.15) is 6.61 Å². The molecule has 0 spiro atoms. The van der Waals surface area contributed by atoms with Gasteiger partial charge < -0.3 is 4.74 Å². The number of thiophene rings is 1. The second kappa shape index (κ2) is 7.20. The lowest BCUT2D eigenvalue weighted by Gasteiger charge is -2.07. The summed E-state index contributed by atoms with van der Waals surface area (Å²) in [4.78, 5) is 2.37. The predicted molar refractivity (Wildman–Crippen MR) is 63.7 cm³/mol. The van der Waals surface area contributed by atoms with Gasteiger partial charge >= 0.3 is 0 Å². The average Bonchev–Trinajstić information content (AvgIpc) is 2.72. The smallest absolute Gasteiger partial charge is 0.261 e. The molecule has 0 N–H and O–H groups in total. The predicted octanol–water partition coefficient (Wildman–Crippen LogP) is 4.26. The van der Waals surface area contributed by atoms with E-state index in [9.17, 15) is 8.78 Å². The number of ether oxygens (including phenoxy) is 1. The van der Waals surface area contributed by atoms with Gasteiger partial charge in [-0.1, -0.05) is 6.92 Å². The molecule has 92 valence electrons. The van der Waals surface area contributed by atoms with Gasteiger partial charge in [0.05, 0.1) is 5.38 Å². The fourth-order valence-corrected chi connectivity index (χ4v) is 2.51. The van der Waals surface area contributed by atoms with Crippen molar-refractivity contribution in [3.05, 3.63) is 21.9 Å². The summed E-state index contributed by atoms with van der Waals surface area (Å²) in [6.45, 7) is 1.86. The van der Waals surface area contributed by atoms with Crippen LogP contribution in [0.15, 0.2) is 12.1 Å². The Labute approximate surface area is 103 Å². The van der Waals surface area contributed by atoms with Crippen LogP contribution in [0.3, 0.4) is 0 Å². The molecule has 0 amide bonds. The number of alkyl halides is 3. The molecular weight excluding hydrogens is 254 g/mol. The van der Waals surface area contributed by atoms with E-state index >= 15 is 0 Å². The number of hydrogen-bond donors (Lipinski definition) is 0. The lowest BCUT2D eigenvalue weighted by molar-refractivity contribution is 0.0166. The first-order valence-electron chi connectivity index (χ1n) is 5.22. The second-order valence-electron chi connectivity index (χ2n) is 3.38. The highest BCUT2D eigenvalue weighted by atomic mass is 35.5. The molecule has 0 saturated carbocycles. The Morgan fingerprint density at radius 3 is 2.75 bits per heavy atom. The Kier molecular flexibility index (Phi) is 6.24. The molecule has 16 heavy (non-hydrogen) atoms. The highest BCUT2D eigenvalue weighted by Gasteiger charge is 2.11. The molecule has 0 aliphatic heterocycles. The quantitative estimate of drug-likeness (QED) is 0.530. The summed E-state index contributed by atoms with van der Waals surface area (Å²) in [6, 6.07) is 4.05. The van der Waals surface area contributed by atoms with Crippen molar-refractivity contribution in [1.29, 1.82) is 0 Å². The third-order valence-corrected chi connectivity index (χ3v) is 4.03. The van der Waals surface area contributed by atoms with E-state index in [4.69, 9.17) is 16.3 Å². The molecule has 1 unspecified atom stereocenters. The summed E-state index contributed by atoms with van der Waals surface area (Å²) in [5.41, 5.74) is 0. The first kappa shape index (κ1) is 13.9. The zero-order valence-corrected chi connectivity index (χ0v) is 10.7. The molecule has 1 atom stereocenters. The molecule has 1 rings (SSSR count). The van der Waals surface area contributed by atoms with E-state index in [1.807, 2.05) is 6.07 Å². The molecule has 0 aliphatic carbocycles. The van der Waals surface area contributed by atoms with E-state index in [0.29, 0.717) is 6.42 Å². The summed E-state index contributed by atoms with van der Waals surface area (Å²) in [5, 5.41) is -0.136. The molecule has 0 fully saturated rings. The van der Waals surface area contributed by atoms with Gasteiger partial charge in [-0.2, -0.15) is 0 Å². The third kappa shape index (κ3) is 4.76. The molecule has 1 aromatic rings. The summed E-state index contributed by atoms with van der Waals surface area (Å²) < 4.78 is 28.3. The van der Waals surface area contributed by atoms with Crippen LogP contribution in [-0.2, 0) is 11.2 Å². The number of halogens is 3.